The molecular formula is C21H26N4O2. The Bertz CT molecular complexity index is 884. The lowest BCUT2D eigenvalue weighted by Crippen LogP contribution is -2.48. The van der Waals surface area contributed by atoms with Crippen LogP contribution in [0.4, 0.5) is 0 Å². The number of imidazole rings is 1. The van der Waals surface area contributed by atoms with Gasteiger partial charge in [0.2, 0.25) is 0 Å². The molecule has 0 bridgehead atoms. The molecule has 1 aromatic carbocycles. The maximum atomic E-state index is 5.64. The number of hydrogen-bond acceptors (Lipinski definition) is 5. The topological polar surface area (TPSA) is 51.9 Å². The van der Waals surface area contributed by atoms with Crippen LogP contribution in [-0.4, -0.2) is 46.6 Å². The average Bonchev–Trinajstić information content (AvgIpc) is 3.13. The van der Waals surface area contributed by atoms with Gasteiger partial charge in [0.05, 0.1) is 30.9 Å². The van der Waals surface area contributed by atoms with Gasteiger partial charge < -0.3 is 19.0 Å². The molecule has 0 N–H and O–H groups in total. The van der Waals surface area contributed by atoms with Gasteiger partial charge in [-0.2, -0.15) is 0 Å². The third-order valence-corrected chi connectivity index (χ3v) is 5.27. The minimum absolute atomic E-state index is 0.419. The van der Waals surface area contributed by atoms with Gasteiger partial charge in [0.25, 0.3) is 0 Å². The molecule has 0 saturated carbocycles. The molecule has 0 amide bonds. The summed E-state index contributed by atoms with van der Waals surface area (Å²) in [6.45, 7) is 5.92. The number of ether oxygens (including phenoxy) is 1. The first-order chi connectivity index (χ1) is 13.2. The van der Waals surface area contributed by atoms with Crippen molar-refractivity contribution in [2.24, 2.45) is 5.16 Å². The van der Waals surface area contributed by atoms with Crippen LogP contribution in [0.5, 0.6) is 5.75 Å². The fourth-order valence-electron chi connectivity index (χ4n) is 3.81. The molecule has 0 radical (unpaired) electrons. The number of aryl methyl sites for hydroxylation is 1. The van der Waals surface area contributed by atoms with Crippen molar-refractivity contribution >= 4 is 11.9 Å². The van der Waals surface area contributed by atoms with E-state index in [4.69, 9.17) is 9.57 Å². The average molecular weight is 366 g/mol. The highest BCUT2D eigenvalue weighted by atomic mass is 16.6. The third kappa shape index (κ3) is 3.44. The number of amidine groups is 1. The van der Waals surface area contributed by atoms with E-state index < -0.39 is 0 Å². The van der Waals surface area contributed by atoms with Gasteiger partial charge in [0.1, 0.15) is 12.4 Å². The van der Waals surface area contributed by atoms with E-state index in [0.717, 1.165) is 54.3 Å². The Kier molecular flexibility index (Phi) is 4.88. The van der Waals surface area contributed by atoms with Gasteiger partial charge in [-0.15, -0.1) is 0 Å². The van der Waals surface area contributed by atoms with Crippen LogP contribution in [0.2, 0.25) is 0 Å². The molecule has 0 unspecified atom stereocenters. The number of hydrogen-bond donors (Lipinski definition) is 0. The Hall–Kier alpha value is -2.76. The second kappa shape index (κ2) is 7.47. The maximum Gasteiger partial charge on any atom is 0.171 e. The first-order valence-electron chi connectivity index (χ1n) is 9.56. The number of nitrogens with zero attached hydrogens (tertiary/aromatic N) is 4. The molecule has 0 spiro atoms. The molecule has 1 saturated heterocycles. The van der Waals surface area contributed by atoms with Gasteiger partial charge in [-0.3, -0.25) is 0 Å². The van der Waals surface area contributed by atoms with Gasteiger partial charge in [-0.05, 0) is 55.5 Å². The molecule has 6 heteroatoms. The van der Waals surface area contributed by atoms with Gasteiger partial charge in [-0.1, -0.05) is 18.1 Å². The van der Waals surface area contributed by atoms with Crippen LogP contribution in [0.15, 0.2) is 41.5 Å². The van der Waals surface area contributed by atoms with E-state index in [2.05, 4.69) is 46.2 Å². The van der Waals surface area contributed by atoms with E-state index in [0.29, 0.717) is 12.6 Å². The lowest BCUT2D eigenvalue weighted by molar-refractivity contribution is 0.0564. The lowest BCUT2D eigenvalue weighted by atomic mass is 9.97. The molecule has 0 aliphatic carbocycles. The van der Waals surface area contributed by atoms with Crippen molar-refractivity contribution in [3.63, 3.8) is 0 Å². The van der Waals surface area contributed by atoms with E-state index in [1.165, 1.54) is 5.57 Å². The zero-order chi connectivity index (χ0) is 18.8. The zero-order valence-electron chi connectivity index (χ0n) is 16.2. The van der Waals surface area contributed by atoms with Crippen LogP contribution < -0.4 is 4.74 Å². The predicted molar refractivity (Wildman–Crippen MR) is 106 cm³/mol. The number of benzene rings is 1. The predicted octanol–water partition coefficient (Wildman–Crippen LogP) is 3.79. The summed E-state index contributed by atoms with van der Waals surface area (Å²) >= 11 is 0. The summed E-state index contributed by atoms with van der Waals surface area (Å²) in [6, 6.07) is 6.67. The van der Waals surface area contributed by atoms with Gasteiger partial charge in [0.15, 0.2) is 5.84 Å². The van der Waals surface area contributed by atoms with Gasteiger partial charge >= 0.3 is 0 Å². The van der Waals surface area contributed by atoms with Crippen molar-refractivity contribution in [3.05, 3.63) is 47.6 Å². The number of aromatic nitrogens is 2. The van der Waals surface area contributed by atoms with E-state index >= 15 is 0 Å². The standard InChI is InChI=1S/C21H26N4O2/c1-4-18-13-27-23-21-17(6-5-9-25(18)21)10-16-7-8-19(20(11-16)26-3)24-12-15(2)22-14-24/h7-8,10-12,14,18H,4-6,9,13H2,1-3H3/b17-10+/t18-/m1/s1. The summed E-state index contributed by atoms with van der Waals surface area (Å²) in [5.74, 6) is 1.82. The Balaban J connectivity index is 1.66. The van der Waals surface area contributed by atoms with Crippen LogP contribution >= 0.6 is 0 Å². The van der Waals surface area contributed by atoms with Crippen molar-refractivity contribution in [1.82, 2.24) is 14.5 Å². The van der Waals surface area contributed by atoms with Crippen LogP contribution in [0.25, 0.3) is 11.8 Å². The molecule has 27 heavy (non-hydrogen) atoms. The minimum atomic E-state index is 0.419. The molecule has 2 aliphatic heterocycles. The Morgan fingerprint density at radius 1 is 1.37 bits per heavy atom. The van der Waals surface area contributed by atoms with E-state index in [9.17, 15) is 0 Å². The largest absolute Gasteiger partial charge is 0.495 e. The summed E-state index contributed by atoms with van der Waals surface area (Å²) < 4.78 is 7.62. The molecule has 4 rings (SSSR count). The number of piperidine rings is 1. The van der Waals surface area contributed by atoms with Crippen molar-refractivity contribution in [1.29, 1.82) is 0 Å². The van der Waals surface area contributed by atoms with Crippen molar-refractivity contribution in [3.8, 4) is 11.4 Å². The number of fused-ring (bicyclic) bond motifs is 1. The fourth-order valence-corrected chi connectivity index (χ4v) is 3.81. The molecule has 2 aliphatic rings. The van der Waals surface area contributed by atoms with E-state index in [-0.39, 0.29) is 0 Å². The molecule has 6 nitrogen and oxygen atoms in total. The maximum absolute atomic E-state index is 5.64. The van der Waals surface area contributed by atoms with Gasteiger partial charge in [-0.25, -0.2) is 4.98 Å². The van der Waals surface area contributed by atoms with Crippen LogP contribution in [-0.2, 0) is 4.84 Å². The van der Waals surface area contributed by atoms with Crippen molar-refractivity contribution in [2.75, 3.05) is 20.3 Å². The molecule has 3 heterocycles. The van der Waals surface area contributed by atoms with Crippen molar-refractivity contribution < 1.29 is 9.57 Å². The summed E-state index contributed by atoms with van der Waals surface area (Å²) in [4.78, 5) is 12.2. The van der Waals surface area contributed by atoms with Crippen LogP contribution in [0.3, 0.4) is 0 Å². The first kappa shape index (κ1) is 17.6. The Labute approximate surface area is 160 Å². The van der Waals surface area contributed by atoms with E-state index in [1.54, 1.807) is 7.11 Å². The highest BCUT2D eigenvalue weighted by Gasteiger charge is 2.30. The quantitative estimate of drug-likeness (QED) is 0.826. The molecule has 2 aromatic rings. The number of methoxy groups -OCH3 is 1. The normalized spacial score (nSPS) is 20.9. The Morgan fingerprint density at radius 2 is 2.26 bits per heavy atom. The van der Waals surface area contributed by atoms with Gasteiger partial charge in [0, 0.05) is 12.7 Å². The van der Waals surface area contributed by atoms with Crippen molar-refractivity contribution in [2.45, 2.75) is 39.2 Å². The Morgan fingerprint density at radius 3 is 3.00 bits per heavy atom. The highest BCUT2D eigenvalue weighted by molar-refractivity contribution is 6.02. The second-order valence-corrected chi connectivity index (χ2v) is 7.09. The summed E-state index contributed by atoms with van der Waals surface area (Å²) in [5.41, 5.74) is 4.29. The number of oxime groups is 1. The smallest absolute Gasteiger partial charge is 0.171 e. The molecule has 1 fully saturated rings. The van der Waals surface area contributed by atoms with E-state index in [1.807, 2.05) is 24.0 Å². The third-order valence-electron chi connectivity index (χ3n) is 5.27. The SMILES string of the molecule is CC[C@@H]1CON=C2/C(=C/c3ccc(-n4cnc(C)c4)c(OC)c3)CCCN21. The highest BCUT2D eigenvalue weighted by Crippen LogP contribution is 2.29. The monoisotopic (exact) mass is 366 g/mol. The summed E-state index contributed by atoms with van der Waals surface area (Å²) in [7, 11) is 1.70. The first-order valence-corrected chi connectivity index (χ1v) is 9.56. The second-order valence-electron chi connectivity index (χ2n) is 7.09. The fraction of sp³-hybridized carbons (Fsp3) is 0.429. The van der Waals surface area contributed by atoms with Crippen LogP contribution in [0, 0.1) is 6.92 Å². The molecule has 1 aromatic heterocycles. The lowest BCUT2D eigenvalue weighted by Gasteiger charge is -2.39. The summed E-state index contributed by atoms with van der Waals surface area (Å²) in [5, 5.41) is 4.37. The molecular weight excluding hydrogens is 340 g/mol. The number of rotatable bonds is 4. The van der Waals surface area contributed by atoms with Crippen LogP contribution in [0.1, 0.15) is 37.4 Å². The molecule has 142 valence electrons. The zero-order valence-corrected chi connectivity index (χ0v) is 16.2. The molecule has 1 atom stereocenters. The minimum Gasteiger partial charge on any atom is -0.495 e. The summed E-state index contributed by atoms with van der Waals surface area (Å²) in [6.07, 6.45) is 9.24.